The molecule has 0 bridgehead atoms. The summed E-state index contributed by atoms with van der Waals surface area (Å²) in [4.78, 5) is 0. The van der Waals surface area contributed by atoms with E-state index in [1.807, 2.05) is 0 Å². The molecule has 1 heterocycles. The van der Waals surface area contributed by atoms with Crippen molar-refractivity contribution in [3.05, 3.63) is 6.10 Å². The molecule has 10 heavy (non-hydrogen) atoms. The summed E-state index contributed by atoms with van der Waals surface area (Å²) in [6.07, 6.45) is 5.29. The summed E-state index contributed by atoms with van der Waals surface area (Å²) in [5.74, 6) is 0. The first-order valence-corrected chi connectivity index (χ1v) is 3.34. The molecule has 48 valence electrons. The van der Waals surface area contributed by atoms with Crippen LogP contribution in [0.4, 0.5) is 0 Å². The van der Waals surface area contributed by atoms with E-state index in [2.05, 4.69) is 6.07 Å². The van der Waals surface area contributed by atoms with Crippen LogP contribution < -0.4 is 18.9 Å². The van der Waals surface area contributed by atoms with Crippen LogP contribution >= 0.6 is 0 Å². The molecule has 2 nitrogen and oxygen atoms in total. The molecule has 1 aliphatic carbocycles. The minimum Gasteiger partial charge on any atom is -0.529 e. The average molecular weight is 129 g/mol. The number of hydrogen-bond acceptors (Lipinski definition) is 2. The van der Waals surface area contributed by atoms with E-state index in [0.717, 1.165) is 12.8 Å². The molecule has 1 spiro atoms. The van der Waals surface area contributed by atoms with Crippen molar-refractivity contribution in [2.75, 3.05) is 0 Å². The summed E-state index contributed by atoms with van der Waals surface area (Å²) in [5, 5.41) is 8.42. The maximum Gasteiger partial charge on any atom is 1.00 e. The third kappa shape index (κ3) is 0.955. The SMILES string of the molecule is N#C[C-]1OC12CCCC2.[Li+]. The molecule has 2 rings (SSSR count). The summed E-state index contributed by atoms with van der Waals surface area (Å²) in [6.45, 7) is 0. The number of nitrogens with zero attached hydrogens (tertiary/aromatic N) is 1. The van der Waals surface area contributed by atoms with Gasteiger partial charge in [-0.25, -0.2) is 5.26 Å². The molecular formula is C7H8LiNO. The van der Waals surface area contributed by atoms with Crippen LogP contribution in [0.2, 0.25) is 0 Å². The van der Waals surface area contributed by atoms with Gasteiger partial charge in [0.1, 0.15) is 0 Å². The van der Waals surface area contributed by atoms with E-state index in [9.17, 15) is 0 Å². The first kappa shape index (κ1) is 8.02. The standard InChI is InChI=1S/C7H8NO.Li/c8-5-6-7(9-6)3-1-2-4-7;/h1-4H2;/q-1;+1. The Morgan fingerprint density at radius 2 is 2.00 bits per heavy atom. The Morgan fingerprint density at radius 1 is 1.40 bits per heavy atom. The monoisotopic (exact) mass is 129 g/mol. The largest absolute Gasteiger partial charge is 1.00 e. The fourth-order valence-electron chi connectivity index (χ4n) is 1.57. The Kier molecular flexibility index (Phi) is 2.01. The zero-order valence-electron chi connectivity index (χ0n) is 6.18. The van der Waals surface area contributed by atoms with Gasteiger partial charge < -0.3 is 4.74 Å². The summed E-state index contributed by atoms with van der Waals surface area (Å²) in [7, 11) is 0. The van der Waals surface area contributed by atoms with Gasteiger partial charge in [-0.2, -0.15) is 0 Å². The zero-order chi connectivity index (χ0) is 6.32. The van der Waals surface area contributed by atoms with E-state index in [0.29, 0.717) is 6.10 Å². The molecule has 1 aliphatic heterocycles. The normalized spacial score (nSPS) is 25.7. The van der Waals surface area contributed by atoms with Crippen LogP contribution in [0.15, 0.2) is 0 Å². The second-order valence-electron chi connectivity index (χ2n) is 2.74. The Hall–Kier alpha value is -0.0826. The van der Waals surface area contributed by atoms with Gasteiger partial charge in [0.25, 0.3) is 0 Å². The van der Waals surface area contributed by atoms with Crippen LogP contribution in [0.3, 0.4) is 0 Å². The molecule has 0 N–H and O–H groups in total. The molecular weight excluding hydrogens is 121 g/mol. The number of ether oxygens (including phenoxy) is 1. The van der Waals surface area contributed by atoms with E-state index in [4.69, 9.17) is 10.00 Å². The third-order valence-electron chi connectivity index (χ3n) is 2.18. The van der Waals surface area contributed by atoms with Gasteiger partial charge in [-0.3, -0.25) is 0 Å². The molecule has 0 aromatic carbocycles. The van der Waals surface area contributed by atoms with Gasteiger partial charge in [0, 0.05) is 0 Å². The molecule has 2 fully saturated rings. The number of hydrogen-bond donors (Lipinski definition) is 0. The maximum absolute atomic E-state index is 8.42. The van der Waals surface area contributed by atoms with Gasteiger partial charge in [-0.15, -0.1) is 6.10 Å². The molecule has 0 aromatic rings. The van der Waals surface area contributed by atoms with Crippen molar-refractivity contribution in [1.29, 1.82) is 5.26 Å². The van der Waals surface area contributed by atoms with Crippen LogP contribution in [0.1, 0.15) is 25.7 Å². The Labute approximate surface area is 72.7 Å². The van der Waals surface area contributed by atoms with Gasteiger partial charge >= 0.3 is 18.9 Å². The van der Waals surface area contributed by atoms with E-state index in [-0.39, 0.29) is 24.5 Å². The Balaban J connectivity index is 0.000000500. The van der Waals surface area contributed by atoms with Gasteiger partial charge in [-0.05, 0) is 5.60 Å². The van der Waals surface area contributed by atoms with Crippen LogP contribution in [-0.4, -0.2) is 5.60 Å². The molecule has 3 heteroatoms. The zero-order valence-corrected chi connectivity index (χ0v) is 6.18. The molecule has 0 radical (unpaired) electrons. The fourth-order valence-corrected chi connectivity index (χ4v) is 1.57. The molecule has 1 saturated heterocycles. The van der Waals surface area contributed by atoms with Crippen molar-refractivity contribution in [3.8, 4) is 6.07 Å². The molecule has 1 saturated carbocycles. The molecule has 0 amide bonds. The van der Waals surface area contributed by atoms with Gasteiger partial charge in [0.2, 0.25) is 0 Å². The van der Waals surface area contributed by atoms with Crippen molar-refractivity contribution in [1.82, 2.24) is 0 Å². The first-order valence-electron chi connectivity index (χ1n) is 3.34. The first-order chi connectivity index (χ1) is 4.37. The topological polar surface area (TPSA) is 36.3 Å². The van der Waals surface area contributed by atoms with E-state index in [1.54, 1.807) is 0 Å². The van der Waals surface area contributed by atoms with Crippen molar-refractivity contribution >= 4 is 0 Å². The summed E-state index contributed by atoms with van der Waals surface area (Å²) in [5.41, 5.74) is -0.0330. The van der Waals surface area contributed by atoms with Crippen molar-refractivity contribution in [2.45, 2.75) is 31.3 Å². The van der Waals surface area contributed by atoms with Gasteiger partial charge in [-0.1, -0.05) is 31.8 Å². The van der Waals surface area contributed by atoms with Crippen LogP contribution in [0, 0.1) is 17.4 Å². The number of epoxide rings is 1. The van der Waals surface area contributed by atoms with Crippen molar-refractivity contribution in [2.24, 2.45) is 0 Å². The predicted octanol–water partition coefficient (Wildman–Crippen LogP) is -1.61. The van der Waals surface area contributed by atoms with E-state index in [1.165, 1.54) is 12.8 Å². The third-order valence-corrected chi connectivity index (χ3v) is 2.18. The Morgan fingerprint density at radius 3 is 2.40 bits per heavy atom. The summed E-state index contributed by atoms with van der Waals surface area (Å²) in [6, 6.07) is 2.07. The fraction of sp³-hybridized carbons (Fsp3) is 0.714. The van der Waals surface area contributed by atoms with Crippen LogP contribution in [0.5, 0.6) is 0 Å². The minimum absolute atomic E-state index is 0. The predicted molar refractivity (Wildman–Crippen MR) is 31.1 cm³/mol. The van der Waals surface area contributed by atoms with E-state index < -0.39 is 0 Å². The number of rotatable bonds is 0. The maximum atomic E-state index is 8.42. The van der Waals surface area contributed by atoms with Crippen LogP contribution in [-0.2, 0) is 4.74 Å². The summed E-state index contributed by atoms with van der Waals surface area (Å²) < 4.78 is 5.17. The molecule has 2 aliphatic rings. The Bertz CT molecular complexity index is 169. The quantitative estimate of drug-likeness (QED) is 0.224. The molecule has 0 atom stereocenters. The smallest absolute Gasteiger partial charge is 0.529 e. The second kappa shape index (κ2) is 2.51. The number of nitriles is 1. The average Bonchev–Trinajstić information content (AvgIpc) is 2.30. The van der Waals surface area contributed by atoms with Crippen molar-refractivity contribution < 1.29 is 23.6 Å². The second-order valence-corrected chi connectivity index (χ2v) is 2.74. The molecule has 0 aromatic heterocycles. The van der Waals surface area contributed by atoms with E-state index >= 15 is 0 Å². The summed E-state index contributed by atoms with van der Waals surface area (Å²) >= 11 is 0. The molecule has 0 unspecified atom stereocenters. The minimum atomic E-state index is -0.0330. The van der Waals surface area contributed by atoms with Crippen molar-refractivity contribution in [3.63, 3.8) is 0 Å². The van der Waals surface area contributed by atoms with Gasteiger partial charge in [0.05, 0.1) is 0 Å². The van der Waals surface area contributed by atoms with Crippen LogP contribution in [0.25, 0.3) is 0 Å². The van der Waals surface area contributed by atoms with Gasteiger partial charge in [0.15, 0.2) is 0 Å².